The van der Waals surface area contributed by atoms with Crippen molar-refractivity contribution in [3.8, 4) is 0 Å². The van der Waals surface area contributed by atoms with Gasteiger partial charge in [0.05, 0.1) is 26.5 Å². The van der Waals surface area contributed by atoms with Gasteiger partial charge in [-0.1, -0.05) is 37.6 Å². The molecule has 0 aliphatic carbocycles. The summed E-state index contributed by atoms with van der Waals surface area (Å²) in [6.07, 6.45) is 1.01. The van der Waals surface area contributed by atoms with Crippen molar-refractivity contribution in [2.45, 2.75) is 38.0 Å². The van der Waals surface area contributed by atoms with E-state index in [0.717, 1.165) is 0 Å². The van der Waals surface area contributed by atoms with Crippen molar-refractivity contribution in [1.29, 1.82) is 0 Å². The van der Waals surface area contributed by atoms with E-state index in [0.29, 0.717) is 42.7 Å². The maximum atomic E-state index is 12.7. The van der Waals surface area contributed by atoms with Gasteiger partial charge in [0.2, 0.25) is 15.9 Å². The van der Waals surface area contributed by atoms with Crippen LogP contribution in [-0.2, 0) is 21.2 Å². The van der Waals surface area contributed by atoms with Gasteiger partial charge in [0.25, 0.3) is 5.56 Å². The van der Waals surface area contributed by atoms with Crippen LogP contribution in [0.25, 0.3) is 10.9 Å². The lowest BCUT2D eigenvalue weighted by Crippen LogP contribution is -2.30. The molecule has 0 bridgehead atoms. The molecule has 0 aliphatic heterocycles. The van der Waals surface area contributed by atoms with Crippen molar-refractivity contribution in [3.05, 3.63) is 63.7 Å². The van der Waals surface area contributed by atoms with Crippen molar-refractivity contribution >= 4 is 44.1 Å². The summed E-state index contributed by atoms with van der Waals surface area (Å²) in [6, 6.07) is 11.3. The van der Waals surface area contributed by atoms with Crippen molar-refractivity contribution in [2.75, 3.05) is 18.4 Å². The van der Waals surface area contributed by atoms with Gasteiger partial charge in [-0.2, -0.15) is 4.31 Å². The van der Waals surface area contributed by atoms with Crippen molar-refractivity contribution in [2.24, 2.45) is 0 Å². The van der Waals surface area contributed by atoms with E-state index < -0.39 is 10.0 Å². The van der Waals surface area contributed by atoms with Crippen LogP contribution in [0.2, 0.25) is 5.02 Å². The standard InChI is InChI=1S/C22H25ClN4O4S/c1-3-27(4-2)32(30,31)15-12-13-17(23)19(14-15)25-21(28)11-7-10-20-24-18-9-6-5-8-16(18)22(29)26-20/h5-6,8-9,12-14H,3-4,7,10-11H2,1-2H3,(H,25,28)(H,24,26,29). The minimum absolute atomic E-state index is 0.0684. The molecule has 3 rings (SSSR count). The van der Waals surface area contributed by atoms with E-state index in [1.165, 1.54) is 22.5 Å². The molecule has 170 valence electrons. The van der Waals surface area contributed by atoms with Crippen LogP contribution >= 0.6 is 11.6 Å². The quantitative estimate of drug-likeness (QED) is 0.490. The lowest BCUT2D eigenvalue weighted by molar-refractivity contribution is -0.116. The Morgan fingerprint density at radius 1 is 1.16 bits per heavy atom. The van der Waals surface area contributed by atoms with Gasteiger partial charge in [0.1, 0.15) is 5.82 Å². The van der Waals surface area contributed by atoms with Gasteiger partial charge >= 0.3 is 0 Å². The highest BCUT2D eigenvalue weighted by Crippen LogP contribution is 2.27. The van der Waals surface area contributed by atoms with Crippen molar-refractivity contribution < 1.29 is 13.2 Å². The molecule has 0 spiro atoms. The van der Waals surface area contributed by atoms with E-state index in [9.17, 15) is 18.0 Å². The summed E-state index contributed by atoms with van der Waals surface area (Å²) in [5.41, 5.74) is 0.629. The number of para-hydroxylation sites is 1. The van der Waals surface area contributed by atoms with Gasteiger partial charge in [-0.15, -0.1) is 0 Å². The third-order valence-corrected chi connectivity index (χ3v) is 7.41. The number of aryl methyl sites for hydroxylation is 1. The molecule has 32 heavy (non-hydrogen) atoms. The number of nitrogens with zero attached hydrogens (tertiary/aromatic N) is 2. The molecule has 0 saturated carbocycles. The van der Waals surface area contributed by atoms with E-state index in [-0.39, 0.29) is 33.5 Å². The Balaban J connectivity index is 1.66. The van der Waals surface area contributed by atoms with Crippen LogP contribution in [0.4, 0.5) is 5.69 Å². The molecule has 0 unspecified atom stereocenters. The van der Waals surface area contributed by atoms with Gasteiger partial charge in [-0.05, 0) is 36.8 Å². The van der Waals surface area contributed by atoms with Gasteiger partial charge < -0.3 is 10.3 Å². The molecule has 0 saturated heterocycles. The van der Waals surface area contributed by atoms with Crippen molar-refractivity contribution in [3.63, 3.8) is 0 Å². The van der Waals surface area contributed by atoms with Crippen LogP contribution in [0.15, 0.2) is 52.2 Å². The number of aromatic amines is 1. The second kappa shape index (κ2) is 10.2. The second-order valence-electron chi connectivity index (χ2n) is 7.16. The topological polar surface area (TPSA) is 112 Å². The Bertz CT molecular complexity index is 1290. The molecule has 0 radical (unpaired) electrons. The largest absolute Gasteiger partial charge is 0.325 e. The zero-order valence-corrected chi connectivity index (χ0v) is 19.5. The second-order valence-corrected chi connectivity index (χ2v) is 9.51. The monoisotopic (exact) mass is 476 g/mol. The molecule has 1 aromatic heterocycles. The molecule has 0 aliphatic rings. The third kappa shape index (κ3) is 5.35. The van der Waals surface area contributed by atoms with Crippen LogP contribution in [0.3, 0.4) is 0 Å². The summed E-state index contributed by atoms with van der Waals surface area (Å²) >= 11 is 6.17. The number of sulfonamides is 1. The number of fused-ring (bicyclic) bond motifs is 1. The minimum Gasteiger partial charge on any atom is -0.325 e. The summed E-state index contributed by atoms with van der Waals surface area (Å²) in [4.78, 5) is 31.8. The average Bonchev–Trinajstić information content (AvgIpc) is 2.76. The van der Waals surface area contributed by atoms with Gasteiger partial charge in [-0.3, -0.25) is 9.59 Å². The number of hydrogen-bond donors (Lipinski definition) is 2. The molecule has 0 fully saturated rings. The van der Waals surface area contributed by atoms with Crippen LogP contribution in [0.1, 0.15) is 32.5 Å². The smallest absolute Gasteiger partial charge is 0.258 e. The average molecular weight is 477 g/mol. The highest BCUT2D eigenvalue weighted by molar-refractivity contribution is 7.89. The lowest BCUT2D eigenvalue weighted by Gasteiger charge is -2.19. The first-order chi connectivity index (χ1) is 15.3. The molecule has 10 heteroatoms. The van der Waals surface area contributed by atoms with E-state index >= 15 is 0 Å². The first-order valence-electron chi connectivity index (χ1n) is 10.3. The third-order valence-electron chi connectivity index (χ3n) is 5.03. The Morgan fingerprint density at radius 2 is 1.88 bits per heavy atom. The summed E-state index contributed by atoms with van der Waals surface area (Å²) in [5.74, 6) is 0.194. The van der Waals surface area contributed by atoms with Crippen LogP contribution in [0, 0.1) is 0 Å². The molecular formula is C22H25ClN4O4S. The molecule has 1 heterocycles. The van der Waals surface area contributed by atoms with Crippen molar-refractivity contribution in [1.82, 2.24) is 14.3 Å². The Hall–Kier alpha value is -2.75. The molecule has 0 atom stereocenters. The number of carbonyl (C=O) groups excluding carboxylic acids is 1. The number of carbonyl (C=O) groups is 1. The van der Waals surface area contributed by atoms with Gasteiger partial charge in [-0.25, -0.2) is 13.4 Å². The van der Waals surface area contributed by atoms with Crippen LogP contribution in [0.5, 0.6) is 0 Å². The normalized spacial score (nSPS) is 11.8. The maximum absolute atomic E-state index is 12.7. The Morgan fingerprint density at radius 3 is 2.59 bits per heavy atom. The zero-order valence-electron chi connectivity index (χ0n) is 17.9. The number of H-pyrrole nitrogens is 1. The van der Waals surface area contributed by atoms with Crippen LogP contribution in [-0.4, -0.2) is 41.7 Å². The summed E-state index contributed by atoms with van der Waals surface area (Å²) in [6.45, 7) is 4.21. The predicted octanol–water partition coefficient (Wildman–Crippen LogP) is 3.57. The lowest BCUT2D eigenvalue weighted by atomic mass is 10.2. The molecule has 3 aromatic rings. The first-order valence-corrected chi connectivity index (χ1v) is 12.2. The molecule has 8 nitrogen and oxygen atoms in total. The SMILES string of the molecule is CCN(CC)S(=O)(=O)c1ccc(Cl)c(NC(=O)CCCc2nc3ccccc3c(=O)[nH]2)c1. The fourth-order valence-corrected chi connectivity index (χ4v) is 5.01. The summed E-state index contributed by atoms with van der Waals surface area (Å²) in [7, 11) is -3.67. The van der Waals surface area contributed by atoms with E-state index in [2.05, 4.69) is 15.3 Å². The number of anilines is 1. The highest BCUT2D eigenvalue weighted by atomic mass is 35.5. The zero-order chi connectivity index (χ0) is 23.3. The molecule has 2 N–H and O–H groups in total. The van der Waals surface area contributed by atoms with Crippen LogP contribution < -0.4 is 10.9 Å². The number of halogens is 1. The van der Waals surface area contributed by atoms with E-state index in [4.69, 9.17) is 11.6 Å². The van der Waals surface area contributed by atoms with Gasteiger partial charge in [0, 0.05) is 25.9 Å². The Labute approximate surface area is 191 Å². The predicted molar refractivity (Wildman–Crippen MR) is 125 cm³/mol. The first kappa shape index (κ1) is 23.9. The fraction of sp³-hybridized carbons (Fsp3) is 0.318. The Kier molecular flexibility index (Phi) is 7.65. The van der Waals surface area contributed by atoms with E-state index in [1.807, 2.05) is 6.07 Å². The summed E-state index contributed by atoms with van der Waals surface area (Å²) in [5, 5.41) is 3.44. The molecular weight excluding hydrogens is 452 g/mol. The highest BCUT2D eigenvalue weighted by Gasteiger charge is 2.22. The maximum Gasteiger partial charge on any atom is 0.258 e. The number of rotatable bonds is 9. The van der Waals surface area contributed by atoms with Gasteiger partial charge in [0.15, 0.2) is 0 Å². The molecule has 1 amide bonds. The minimum atomic E-state index is -3.67. The molecule has 2 aromatic carbocycles. The number of amides is 1. The number of benzene rings is 2. The number of nitrogens with one attached hydrogen (secondary N) is 2. The summed E-state index contributed by atoms with van der Waals surface area (Å²) < 4.78 is 26.8. The number of aromatic nitrogens is 2. The fourth-order valence-electron chi connectivity index (χ4n) is 3.36. The number of hydrogen-bond acceptors (Lipinski definition) is 5. The van der Waals surface area contributed by atoms with E-state index in [1.54, 1.807) is 32.0 Å².